The average Bonchev–Trinajstić information content (AvgIpc) is 3.63. The summed E-state index contributed by atoms with van der Waals surface area (Å²) in [5, 5.41) is 5.13. The molecule has 2 heterocycles. The van der Waals surface area contributed by atoms with Gasteiger partial charge in [-0.1, -0.05) is 46.3 Å². The van der Waals surface area contributed by atoms with Crippen LogP contribution < -0.4 is 24.5 Å². The Morgan fingerprint density at radius 2 is 1.77 bits per heavy atom. The van der Waals surface area contributed by atoms with Crippen LogP contribution in [0.3, 0.4) is 0 Å². The molecule has 11 heteroatoms. The molecular formula is C32H24Br2N4O5. The Morgan fingerprint density at radius 1 is 0.977 bits per heavy atom. The lowest BCUT2D eigenvalue weighted by molar-refractivity contribution is 0.0732. The lowest BCUT2D eigenvalue weighted by atomic mass is 10.0. The number of amides is 1. The molecular weight excluding hydrogens is 680 g/mol. The number of nitrogens with one attached hydrogen (secondary N) is 2. The SMILES string of the molecule is CN(C)c1ccc2[nH]c(C(=O)NN=Cc3cc(Br)cc(Br)c3OC(=O)c3ccc4c(c3)OCO4)c(-c3ccccc3)c2c1. The minimum atomic E-state index is -0.595. The molecule has 6 rings (SSSR count). The van der Waals surface area contributed by atoms with Crippen molar-refractivity contribution in [1.29, 1.82) is 0 Å². The first-order chi connectivity index (χ1) is 20.8. The Bertz CT molecular complexity index is 1900. The maximum Gasteiger partial charge on any atom is 0.343 e. The number of H-pyrrole nitrogens is 1. The van der Waals surface area contributed by atoms with Gasteiger partial charge in [-0.15, -0.1) is 0 Å². The van der Waals surface area contributed by atoms with Crippen molar-refractivity contribution in [2.75, 3.05) is 25.8 Å². The Kier molecular flexibility index (Phi) is 7.92. The first kappa shape index (κ1) is 28.5. The van der Waals surface area contributed by atoms with E-state index in [1.807, 2.05) is 67.5 Å². The highest BCUT2D eigenvalue weighted by molar-refractivity contribution is 9.11. The molecule has 0 unspecified atom stereocenters. The zero-order valence-corrected chi connectivity index (χ0v) is 26.2. The molecule has 216 valence electrons. The molecule has 1 aliphatic heterocycles. The maximum atomic E-state index is 13.5. The first-order valence-corrected chi connectivity index (χ1v) is 14.7. The molecule has 0 radical (unpaired) electrons. The lowest BCUT2D eigenvalue weighted by Crippen LogP contribution is -2.19. The number of anilines is 1. The summed E-state index contributed by atoms with van der Waals surface area (Å²) in [6, 6.07) is 24.0. The van der Waals surface area contributed by atoms with E-state index >= 15 is 0 Å². The van der Waals surface area contributed by atoms with Crippen LogP contribution in [-0.4, -0.2) is 44.0 Å². The molecule has 0 atom stereocenters. The molecule has 0 saturated heterocycles. The molecule has 4 aromatic carbocycles. The van der Waals surface area contributed by atoms with Crippen molar-refractivity contribution in [3.05, 3.63) is 105 Å². The van der Waals surface area contributed by atoms with Gasteiger partial charge in [-0.3, -0.25) is 4.79 Å². The van der Waals surface area contributed by atoms with Crippen LogP contribution in [0.25, 0.3) is 22.0 Å². The number of esters is 1. The number of benzene rings is 4. The van der Waals surface area contributed by atoms with Crippen LogP contribution in [0.15, 0.2) is 92.9 Å². The minimum absolute atomic E-state index is 0.0981. The van der Waals surface area contributed by atoms with Crippen molar-refractivity contribution in [2.24, 2.45) is 5.10 Å². The van der Waals surface area contributed by atoms with Crippen molar-refractivity contribution in [3.63, 3.8) is 0 Å². The molecule has 43 heavy (non-hydrogen) atoms. The molecule has 0 spiro atoms. The monoisotopic (exact) mass is 702 g/mol. The quantitative estimate of drug-likeness (QED) is 0.0809. The predicted molar refractivity (Wildman–Crippen MR) is 172 cm³/mol. The summed E-state index contributed by atoms with van der Waals surface area (Å²) in [7, 11) is 3.94. The van der Waals surface area contributed by atoms with Gasteiger partial charge in [-0.25, -0.2) is 10.2 Å². The van der Waals surface area contributed by atoms with E-state index in [0.29, 0.717) is 37.3 Å². The molecule has 1 aromatic heterocycles. The predicted octanol–water partition coefficient (Wildman–Crippen LogP) is 7.14. The van der Waals surface area contributed by atoms with Crippen molar-refractivity contribution >= 4 is 66.5 Å². The van der Waals surface area contributed by atoms with E-state index in [2.05, 4.69) is 47.4 Å². The Balaban J connectivity index is 1.28. The van der Waals surface area contributed by atoms with Gasteiger partial charge in [0.25, 0.3) is 5.91 Å². The van der Waals surface area contributed by atoms with Crippen LogP contribution in [0.2, 0.25) is 0 Å². The van der Waals surface area contributed by atoms with Crippen LogP contribution in [0.4, 0.5) is 5.69 Å². The highest BCUT2D eigenvalue weighted by Crippen LogP contribution is 2.36. The van der Waals surface area contributed by atoms with E-state index in [0.717, 1.165) is 27.7 Å². The van der Waals surface area contributed by atoms with Gasteiger partial charge in [-0.05, 0) is 70.0 Å². The van der Waals surface area contributed by atoms with Gasteiger partial charge in [0.2, 0.25) is 6.79 Å². The number of carbonyl (C=O) groups excluding carboxylic acids is 2. The number of ether oxygens (including phenoxy) is 3. The third-order valence-electron chi connectivity index (χ3n) is 6.80. The van der Waals surface area contributed by atoms with Gasteiger partial charge in [0, 0.05) is 46.3 Å². The fourth-order valence-electron chi connectivity index (χ4n) is 4.71. The molecule has 0 bridgehead atoms. The van der Waals surface area contributed by atoms with Crippen molar-refractivity contribution in [2.45, 2.75) is 0 Å². The number of carbonyl (C=O) groups is 2. The number of aromatic nitrogens is 1. The molecule has 5 aromatic rings. The van der Waals surface area contributed by atoms with Gasteiger partial charge in [-0.2, -0.15) is 5.10 Å². The Hall–Kier alpha value is -4.61. The molecule has 0 aliphatic carbocycles. The fraction of sp³-hybridized carbons (Fsp3) is 0.0938. The van der Waals surface area contributed by atoms with Crippen molar-refractivity contribution in [3.8, 4) is 28.4 Å². The summed E-state index contributed by atoms with van der Waals surface area (Å²) in [5.41, 5.74) is 7.25. The number of nitrogens with zero attached hydrogens (tertiary/aromatic N) is 2. The standard InChI is InChI=1S/C32H24Br2N4O5/c1-38(2)22-9-10-25-23(15-22)28(18-6-4-3-5-7-18)29(36-25)31(39)37-35-16-20-12-21(33)14-24(34)30(20)43-32(40)19-8-11-26-27(13-19)42-17-41-26/h3-16,36H,17H2,1-2H3,(H,37,39). The van der Waals surface area contributed by atoms with Gasteiger partial charge < -0.3 is 24.1 Å². The number of halogens is 2. The summed E-state index contributed by atoms with van der Waals surface area (Å²) in [6.45, 7) is 0.0981. The second-order valence-corrected chi connectivity index (χ2v) is 11.6. The third kappa shape index (κ3) is 5.86. The Morgan fingerprint density at radius 3 is 2.56 bits per heavy atom. The van der Waals surface area contributed by atoms with Gasteiger partial charge >= 0.3 is 5.97 Å². The summed E-state index contributed by atoms with van der Waals surface area (Å²) in [6.07, 6.45) is 1.42. The third-order valence-corrected chi connectivity index (χ3v) is 7.84. The summed E-state index contributed by atoms with van der Waals surface area (Å²) < 4.78 is 17.7. The van der Waals surface area contributed by atoms with E-state index in [4.69, 9.17) is 14.2 Å². The Labute approximate surface area is 263 Å². The zero-order valence-electron chi connectivity index (χ0n) is 23.0. The largest absolute Gasteiger partial charge is 0.454 e. The lowest BCUT2D eigenvalue weighted by Gasteiger charge is -2.12. The van der Waals surface area contributed by atoms with Gasteiger partial charge in [0.15, 0.2) is 17.2 Å². The number of hydrogen-bond donors (Lipinski definition) is 2. The van der Waals surface area contributed by atoms with Crippen LogP contribution in [0.5, 0.6) is 17.2 Å². The van der Waals surface area contributed by atoms with Crippen molar-refractivity contribution in [1.82, 2.24) is 10.4 Å². The molecule has 9 nitrogen and oxygen atoms in total. The van der Waals surface area contributed by atoms with Crippen LogP contribution in [0.1, 0.15) is 26.4 Å². The first-order valence-electron chi connectivity index (χ1n) is 13.1. The topological polar surface area (TPSA) is 105 Å². The number of aromatic amines is 1. The molecule has 0 fully saturated rings. The van der Waals surface area contributed by atoms with E-state index in [1.165, 1.54) is 6.21 Å². The molecule has 0 saturated carbocycles. The van der Waals surface area contributed by atoms with Crippen LogP contribution >= 0.6 is 31.9 Å². The number of hydrogen-bond acceptors (Lipinski definition) is 7. The van der Waals surface area contributed by atoms with E-state index < -0.39 is 11.9 Å². The smallest absolute Gasteiger partial charge is 0.343 e. The van der Waals surface area contributed by atoms with E-state index in [-0.39, 0.29) is 12.5 Å². The average molecular weight is 704 g/mol. The van der Waals surface area contributed by atoms with Crippen LogP contribution in [-0.2, 0) is 0 Å². The maximum absolute atomic E-state index is 13.5. The zero-order chi connectivity index (χ0) is 30.1. The summed E-state index contributed by atoms with van der Waals surface area (Å²) in [5.74, 6) is 0.246. The van der Waals surface area contributed by atoms with Crippen LogP contribution in [0, 0.1) is 0 Å². The normalized spacial score (nSPS) is 12.1. The van der Waals surface area contributed by atoms with E-state index in [1.54, 1.807) is 30.3 Å². The fourth-order valence-corrected chi connectivity index (χ4v) is 6.05. The highest BCUT2D eigenvalue weighted by atomic mass is 79.9. The van der Waals surface area contributed by atoms with Gasteiger partial charge in [0.1, 0.15) is 5.69 Å². The molecule has 2 N–H and O–H groups in total. The van der Waals surface area contributed by atoms with E-state index in [9.17, 15) is 9.59 Å². The highest BCUT2D eigenvalue weighted by Gasteiger charge is 2.21. The summed E-state index contributed by atoms with van der Waals surface area (Å²) >= 11 is 6.93. The number of fused-ring (bicyclic) bond motifs is 2. The molecule has 1 aliphatic rings. The second-order valence-electron chi connectivity index (χ2n) is 9.83. The minimum Gasteiger partial charge on any atom is -0.454 e. The summed E-state index contributed by atoms with van der Waals surface area (Å²) in [4.78, 5) is 31.8. The van der Waals surface area contributed by atoms with Crippen molar-refractivity contribution < 1.29 is 23.8 Å². The number of hydrazone groups is 1. The second kappa shape index (κ2) is 11.9. The molecule has 1 amide bonds. The number of rotatable bonds is 7. The van der Waals surface area contributed by atoms with Gasteiger partial charge in [0.05, 0.1) is 16.3 Å².